The Bertz CT molecular complexity index is 943. The molecule has 2 aliphatic rings. The summed E-state index contributed by atoms with van der Waals surface area (Å²) in [6.07, 6.45) is 2.91. The molecule has 0 radical (unpaired) electrons. The summed E-state index contributed by atoms with van der Waals surface area (Å²) in [5.74, 6) is 2.54. The molecule has 0 spiro atoms. The van der Waals surface area contributed by atoms with E-state index in [4.69, 9.17) is 14.5 Å². The molecule has 5 nitrogen and oxygen atoms in total. The van der Waals surface area contributed by atoms with E-state index in [1.807, 2.05) is 36.5 Å². The lowest BCUT2D eigenvalue weighted by Crippen LogP contribution is -2.31. The van der Waals surface area contributed by atoms with Gasteiger partial charge in [-0.3, -0.25) is 4.90 Å². The summed E-state index contributed by atoms with van der Waals surface area (Å²) in [5.41, 5.74) is 4.61. The van der Waals surface area contributed by atoms with Gasteiger partial charge in [-0.1, -0.05) is 42.5 Å². The Labute approximate surface area is 152 Å². The molecule has 5 heteroatoms. The number of nitrogens with zero attached hydrogens (tertiary/aromatic N) is 3. The van der Waals surface area contributed by atoms with Crippen LogP contribution in [0.4, 0.5) is 0 Å². The highest BCUT2D eigenvalue weighted by Crippen LogP contribution is 2.36. The summed E-state index contributed by atoms with van der Waals surface area (Å²) in [7, 11) is 0. The van der Waals surface area contributed by atoms with E-state index in [2.05, 4.69) is 28.1 Å². The van der Waals surface area contributed by atoms with E-state index in [1.165, 1.54) is 11.1 Å². The standard InChI is InChI=1S/C21H19N3O2/c1-2-5-15(6-3-1)21-22-11-17-13-24(10-9-18(17)23-21)12-16-7-4-8-19-20(16)26-14-25-19/h1-8,11H,9-10,12-14H2. The minimum atomic E-state index is 0.311. The number of hydrogen-bond donors (Lipinski definition) is 0. The van der Waals surface area contributed by atoms with Gasteiger partial charge in [-0.05, 0) is 6.07 Å². The molecular weight excluding hydrogens is 326 g/mol. The smallest absolute Gasteiger partial charge is 0.231 e. The Morgan fingerprint density at radius 3 is 2.85 bits per heavy atom. The summed E-state index contributed by atoms with van der Waals surface area (Å²) in [5, 5.41) is 0. The second-order valence-electron chi connectivity index (χ2n) is 6.64. The number of ether oxygens (including phenoxy) is 2. The predicted molar refractivity (Wildman–Crippen MR) is 97.9 cm³/mol. The average molecular weight is 345 g/mol. The molecule has 0 amide bonds. The zero-order valence-electron chi connectivity index (χ0n) is 14.4. The second kappa shape index (κ2) is 6.42. The van der Waals surface area contributed by atoms with Crippen molar-refractivity contribution in [2.45, 2.75) is 19.5 Å². The average Bonchev–Trinajstić information content (AvgIpc) is 3.18. The molecule has 0 saturated carbocycles. The summed E-state index contributed by atoms with van der Waals surface area (Å²) < 4.78 is 11.1. The van der Waals surface area contributed by atoms with Crippen LogP contribution in [0, 0.1) is 0 Å². The van der Waals surface area contributed by atoms with Crippen LogP contribution in [0.3, 0.4) is 0 Å². The first-order valence-corrected chi connectivity index (χ1v) is 8.87. The molecular formula is C21H19N3O2. The highest BCUT2D eigenvalue weighted by atomic mass is 16.7. The van der Waals surface area contributed by atoms with Gasteiger partial charge in [-0.25, -0.2) is 9.97 Å². The summed E-state index contributed by atoms with van der Waals surface area (Å²) >= 11 is 0. The largest absolute Gasteiger partial charge is 0.454 e. The zero-order valence-corrected chi connectivity index (χ0v) is 14.4. The van der Waals surface area contributed by atoms with Crippen LogP contribution >= 0.6 is 0 Å². The summed E-state index contributed by atoms with van der Waals surface area (Å²) in [6, 6.07) is 16.2. The number of rotatable bonds is 3. The van der Waals surface area contributed by atoms with Crippen LogP contribution in [0.25, 0.3) is 11.4 Å². The molecule has 0 fully saturated rings. The molecule has 0 saturated heterocycles. The molecule has 2 aliphatic heterocycles. The van der Waals surface area contributed by atoms with Crippen molar-refractivity contribution >= 4 is 0 Å². The molecule has 1 aromatic heterocycles. The van der Waals surface area contributed by atoms with Gasteiger partial charge in [-0.15, -0.1) is 0 Å². The molecule has 0 N–H and O–H groups in total. The van der Waals surface area contributed by atoms with Gasteiger partial charge in [0.05, 0.1) is 5.69 Å². The van der Waals surface area contributed by atoms with Crippen molar-refractivity contribution in [2.24, 2.45) is 0 Å². The lowest BCUT2D eigenvalue weighted by molar-refractivity contribution is 0.171. The fourth-order valence-electron chi connectivity index (χ4n) is 3.59. The lowest BCUT2D eigenvalue weighted by Gasteiger charge is -2.28. The first kappa shape index (κ1) is 15.3. The topological polar surface area (TPSA) is 47.5 Å². The van der Waals surface area contributed by atoms with Crippen LogP contribution in [0.2, 0.25) is 0 Å². The molecule has 2 aromatic carbocycles. The molecule has 130 valence electrons. The fraction of sp³-hybridized carbons (Fsp3) is 0.238. The van der Waals surface area contributed by atoms with Crippen molar-refractivity contribution in [3.8, 4) is 22.9 Å². The Morgan fingerprint density at radius 2 is 1.92 bits per heavy atom. The van der Waals surface area contributed by atoms with Crippen molar-refractivity contribution in [3.05, 3.63) is 71.5 Å². The molecule has 3 aromatic rings. The molecule has 0 unspecified atom stereocenters. The molecule has 0 atom stereocenters. The first-order chi connectivity index (χ1) is 12.9. The number of para-hydroxylation sites is 1. The maximum atomic E-state index is 5.63. The van der Waals surface area contributed by atoms with Gasteiger partial charge in [0.15, 0.2) is 17.3 Å². The maximum Gasteiger partial charge on any atom is 0.231 e. The third-order valence-electron chi connectivity index (χ3n) is 4.92. The summed E-state index contributed by atoms with van der Waals surface area (Å²) in [6.45, 7) is 2.98. The van der Waals surface area contributed by atoms with Crippen molar-refractivity contribution in [2.75, 3.05) is 13.3 Å². The molecule has 26 heavy (non-hydrogen) atoms. The Hall–Kier alpha value is -2.92. The van der Waals surface area contributed by atoms with E-state index in [1.54, 1.807) is 0 Å². The monoisotopic (exact) mass is 345 g/mol. The third kappa shape index (κ3) is 2.80. The van der Waals surface area contributed by atoms with Crippen molar-refractivity contribution in [1.29, 1.82) is 0 Å². The minimum Gasteiger partial charge on any atom is -0.454 e. The molecule has 3 heterocycles. The van der Waals surface area contributed by atoms with Gasteiger partial charge in [0, 0.05) is 48.9 Å². The van der Waals surface area contributed by atoms with Gasteiger partial charge in [-0.2, -0.15) is 0 Å². The number of fused-ring (bicyclic) bond motifs is 2. The van der Waals surface area contributed by atoms with Crippen LogP contribution in [0.1, 0.15) is 16.8 Å². The fourth-order valence-corrected chi connectivity index (χ4v) is 3.59. The number of aromatic nitrogens is 2. The van der Waals surface area contributed by atoms with Crippen LogP contribution in [-0.4, -0.2) is 28.2 Å². The first-order valence-electron chi connectivity index (χ1n) is 8.87. The van der Waals surface area contributed by atoms with Gasteiger partial charge in [0.1, 0.15) is 0 Å². The van der Waals surface area contributed by atoms with Crippen molar-refractivity contribution in [1.82, 2.24) is 14.9 Å². The molecule has 0 bridgehead atoms. The van der Waals surface area contributed by atoms with Crippen LogP contribution in [-0.2, 0) is 19.5 Å². The van der Waals surface area contributed by atoms with E-state index in [-0.39, 0.29) is 0 Å². The van der Waals surface area contributed by atoms with Gasteiger partial charge < -0.3 is 9.47 Å². The number of hydrogen-bond acceptors (Lipinski definition) is 5. The minimum absolute atomic E-state index is 0.311. The van der Waals surface area contributed by atoms with Crippen LogP contribution in [0.15, 0.2) is 54.7 Å². The van der Waals surface area contributed by atoms with E-state index in [0.29, 0.717) is 6.79 Å². The van der Waals surface area contributed by atoms with E-state index < -0.39 is 0 Å². The zero-order chi connectivity index (χ0) is 17.3. The summed E-state index contributed by atoms with van der Waals surface area (Å²) in [4.78, 5) is 11.8. The molecule has 0 aliphatic carbocycles. The normalized spacial score (nSPS) is 15.7. The van der Waals surface area contributed by atoms with Gasteiger partial charge in [0.2, 0.25) is 6.79 Å². The van der Waals surface area contributed by atoms with Gasteiger partial charge in [0.25, 0.3) is 0 Å². The van der Waals surface area contributed by atoms with Crippen molar-refractivity contribution in [3.63, 3.8) is 0 Å². The van der Waals surface area contributed by atoms with E-state index in [0.717, 1.165) is 54.6 Å². The Kier molecular flexibility index (Phi) is 3.79. The predicted octanol–water partition coefficient (Wildman–Crippen LogP) is 3.43. The molecule has 5 rings (SSSR count). The van der Waals surface area contributed by atoms with Crippen LogP contribution < -0.4 is 9.47 Å². The second-order valence-corrected chi connectivity index (χ2v) is 6.64. The van der Waals surface area contributed by atoms with Crippen LogP contribution in [0.5, 0.6) is 11.5 Å². The quantitative estimate of drug-likeness (QED) is 0.728. The van der Waals surface area contributed by atoms with E-state index in [9.17, 15) is 0 Å². The lowest BCUT2D eigenvalue weighted by atomic mass is 10.1. The highest BCUT2D eigenvalue weighted by Gasteiger charge is 2.22. The Balaban J connectivity index is 1.35. The highest BCUT2D eigenvalue weighted by molar-refractivity contribution is 5.55. The van der Waals surface area contributed by atoms with Gasteiger partial charge >= 0.3 is 0 Å². The van der Waals surface area contributed by atoms with Crippen molar-refractivity contribution < 1.29 is 9.47 Å². The Morgan fingerprint density at radius 1 is 1.00 bits per heavy atom. The SMILES string of the molecule is c1ccc(-c2ncc3c(n2)CCN(Cc2cccc4c2OCO4)C3)cc1. The van der Waals surface area contributed by atoms with E-state index >= 15 is 0 Å². The number of benzene rings is 2. The maximum absolute atomic E-state index is 5.63. The third-order valence-corrected chi connectivity index (χ3v) is 4.92.